The van der Waals surface area contributed by atoms with E-state index in [2.05, 4.69) is 67.0 Å². The first kappa shape index (κ1) is 18.9. The zero-order chi connectivity index (χ0) is 16.2. The third-order valence-electron chi connectivity index (χ3n) is 2.56. The van der Waals surface area contributed by atoms with Crippen molar-refractivity contribution in [3.8, 4) is 20.8 Å². The first-order chi connectivity index (χ1) is 10.6. The quantitative estimate of drug-likeness (QED) is 0.445. The molecule has 0 aliphatic heterocycles. The normalized spacial score (nSPS) is 8.18. The molecule has 2 aromatic rings. The number of hydrogen-bond acceptors (Lipinski definition) is 0. The van der Waals surface area contributed by atoms with E-state index in [0.717, 1.165) is 11.1 Å². The first-order valence-electron chi connectivity index (χ1n) is 7.71. The molecular weight excluding hydrogens is 380 g/mol. The van der Waals surface area contributed by atoms with Crippen LogP contribution in [-0.4, -0.2) is 32.4 Å². The Morgan fingerprint density at radius 2 is 0.864 bits per heavy atom. The van der Waals surface area contributed by atoms with E-state index in [0.29, 0.717) is 0 Å². The zero-order valence-electron chi connectivity index (χ0n) is 13.9. The molecule has 0 radical (unpaired) electrons. The van der Waals surface area contributed by atoms with Gasteiger partial charge in [0, 0.05) is 0 Å². The average Bonchev–Trinajstić information content (AvgIpc) is 2.53. The van der Waals surface area contributed by atoms with Gasteiger partial charge in [0.25, 0.3) is 0 Å². The summed E-state index contributed by atoms with van der Waals surface area (Å²) in [5, 5.41) is 0. The average molecular weight is 402 g/mol. The second kappa shape index (κ2) is 11.4. The van der Waals surface area contributed by atoms with Crippen molar-refractivity contribution in [2.45, 2.75) is 21.9 Å². The molecule has 22 heavy (non-hydrogen) atoms. The van der Waals surface area contributed by atoms with Crippen molar-refractivity contribution in [1.82, 2.24) is 0 Å². The SMILES string of the molecule is [CH3][Ga]([CH3])[C]#Cc1ccccc1.[CH3][Ga]([CH3])[C]#Cc1ccccc1. The van der Waals surface area contributed by atoms with Crippen molar-refractivity contribution in [3.63, 3.8) is 0 Å². The van der Waals surface area contributed by atoms with E-state index in [4.69, 9.17) is 0 Å². The van der Waals surface area contributed by atoms with Gasteiger partial charge in [-0.1, -0.05) is 0 Å². The molecule has 0 spiro atoms. The molecule has 2 rings (SSSR count). The first-order valence-corrected chi connectivity index (χ1v) is 19.8. The third-order valence-corrected chi connectivity index (χ3v) is 5.59. The summed E-state index contributed by atoms with van der Waals surface area (Å²) in [7, 11) is 0. The Morgan fingerprint density at radius 3 is 1.14 bits per heavy atom. The molecule has 0 aliphatic carbocycles. The maximum atomic E-state index is 3.30. The predicted octanol–water partition coefficient (Wildman–Crippen LogP) is 4.66. The minimum atomic E-state index is -1.11. The summed E-state index contributed by atoms with van der Waals surface area (Å²) >= 11 is -2.21. The fourth-order valence-corrected chi connectivity index (χ4v) is 3.41. The van der Waals surface area contributed by atoms with Crippen LogP contribution >= 0.6 is 0 Å². The molecule has 0 aliphatic rings. The van der Waals surface area contributed by atoms with E-state index in [9.17, 15) is 0 Å². The summed E-state index contributed by atoms with van der Waals surface area (Å²) in [4.78, 5) is 0. The van der Waals surface area contributed by atoms with Crippen molar-refractivity contribution in [2.24, 2.45) is 0 Å². The van der Waals surface area contributed by atoms with Crippen LogP contribution in [0.2, 0.25) is 21.9 Å². The van der Waals surface area contributed by atoms with E-state index in [1.54, 1.807) is 0 Å². The Hall–Kier alpha value is -1.17. The van der Waals surface area contributed by atoms with E-state index in [1.165, 1.54) is 0 Å². The molecule has 0 bridgehead atoms. The van der Waals surface area contributed by atoms with Crippen LogP contribution in [0.5, 0.6) is 0 Å². The predicted molar refractivity (Wildman–Crippen MR) is 102 cm³/mol. The Labute approximate surface area is 146 Å². The second-order valence-electron chi connectivity index (χ2n) is 5.58. The van der Waals surface area contributed by atoms with E-state index >= 15 is 0 Å². The van der Waals surface area contributed by atoms with Crippen LogP contribution in [-0.2, 0) is 0 Å². The minimum absolute atomic E-state index is 1.11. The van der Waals surface area contributed by atoms with E-state index in [1.807, 2.05) is 36.4 Å². The van der Waals surface area contributed by atoms with Gasteiger partial charge in [-0.05, 0) is 0 Å². The summed E-state index contributed by atoms with van der Waals surface area (Å²) in [6.07, 6.45) is 0. The third kappa shape index (κ3) is 9.71. The van der Waals surface area contributed by atoms with Gasteiger partial charge in [0.15, 0.2) is 0 Å². The van der Waals surface area contributed by atoms with Crippen LogP contribution in [0.15, 0.2) is 60.7 Å². The summed E-state index contributed by atoms with van der Waals surface area (Å²) in [6.45, 7) is 0. The molecule has 0 fully saturated rings. The van der Waals surface area contributed by atoms with Gasteiger partial charge in [-0.15, -0.1) is 0 Å². The summed E-state index contributed by atoms with van der Waals surface area (Å²) in [5.41, 5.74) is 11.4. The van der Waals surface area contributed by atoms with Gasteiger partial charge in [-0.3, -0.25) is 0 Å². The van der Waals surface area contributed by atoms with Crippen LogP contribution in [0.1, 0.15) is 11.1 Å². The van der Waals surface area contributed by atoms with E-state index < -0.39 is 32.4 Å². The van der Waals surface area contributed by atoms with Crippen LogP contribution in [0.4, 0.5) is 0 Å². The van der Waals surface area contributed by atoms with Gasteiger partial charge in [0.2, 0.25) is 0 Å². The van der Waals surface area contributed by atoms with Gasteiger partial charge in [-0.25, -0.2) is 0 Å². The van der Waals surface area contributed by atoms with E-state index in [-0.39, 0.29) is 0 Å². The molecule has 0 saturated carbocycles. The molecule has 0 heterocycles. The van der Waals surface area contributed by atoms with Crippen LogP contribution < -0.4 is 0 Å². The molecule has 0 aromatic heterocycles. The van der Waals surface area contributed by atoms with Crippen LogP contribution in [0.3, 0.4) is 0 Å². The zero-order valence-corrected chi connectivity index (χ0v) is 18.8. The topological polar surface area (TPSA) is 0 Å². The standard InChI is InChI=1S/2C8H5.4CH3.2Ga/c2*1-2-8-6-4-3-5-7-8;;;;;;/h2*3-7H;4*1H3;;. The Bertz CT molecular complexity index is 589. The molecule has 0 nitrogen and oxygen atoms in total. The summed E-state index contributed by atoms with van der Waals surface area (Å²) in [5.74, 6) is 6.35. The fourth-order valence-electron chi connectivity index (χ4n) is 1.50. The molecule has 0 unspecified atom stereocenters. The number of benzene rings is 2. The molecule has 2 aromatic carbocycles. The fraction of sp³-hybridized carbons (Fsp3) is 0.200. The molecular formula is C20H22Ga2. The molecule has 2 heteroatoms. The van der Waals surface area contributed by atoms with Crippen LogP contribution in [0.25, 0.3) is 0 Å². The Morgan fingerprint density at radius 1 is 0.545 bits per heavy atom. The Kier molecular flexibility index (Phi) is 9.79. The van der Waals surface area contributed by atoms with Crippen molar-refractivity contribution >= 4 is 32.4 Å². The molecule has 0 N–H and O–H groups in total. The number of rotatable bonds is 0. The van der Waals surface area contributed by atoms with Crippen LogP contribution in [0, 0.1) is 20.8 Å². The van der Waals surface area contributed by atoms with Gasteiger partial charge < -0.3 is 0 Å². The Balaban J connectivity index is 0.000000220. The maximum absolute atomic E-state index is 3.30. The van der Waals surface area contributed by atoms with Crippen molar-refractivity contribution in [1.29, 1.82) is 0 Å². The van der Waals surface area contributed by atoms with Gasteiger partial charge in [0.1, 0.15) is 0 Å². The van der Waals surface area contributed by atoms with Crippen molar-refractivity contribution in [2.75, 3.05) is 0 Å². The summed E-state index contributed by atoms with van der Waals surface area (Å²) in [6, 6.07) is 20.3. The second-order valence-corrected chi connectivity index (χ2v) is 16.5. The summed E-state index contributed by atoms with van der Waals surface area (Å²) < 4.78 is 6.60. The van der Waals surface area contributed by atoms with Crippen molar-refractivity contribution in [3.05, 3.63) is 71.8 Å². The molecule has 0 amide bonds. The molecule has 0 saturated heterocycles. The van der Waals surface area contributed by atoms with Gasteiger partial charge >= 0.3 is 147 Å². The van der Waals surface area contributed by atoms with Crippen molar-refractivity contribution < 1.29 is 0 Å². The number of hydrogen-bond donors (Lipinski definition) is 0. The molecule has 0 atom stereocenters. The van der Waals surface area contributed by atoms with Gasteiger partial charge in [0.05, 0.1) is 0 Å². The monoisotopic (exact) mass is 400 g/mol. The van der Waals surface area contributed by atoms with Gasteiger partial charge in [-0.2, -0.15) is 0 Å². The molecule has 108 valence electrons.